The third-order valence-electron chi connectivity index (χ3n) is 4.30. The molecule has 5 heteroatoms. The van der Waals surface area contributed by atoms with Crippen molar-refractivity contribution in [3.8, 4) is 0 Å². The SMILES string of the molecule is C[N+](C)(CCOC(=O)/C=C/c1ccccc1)CCOC(=O)/C=C/c1ccccc1. The van der Waals surface area contributed by atoms with Crippen molar-refractivity contribution in [1.29, 1.82) is 0 Å². The zero-order valence-electron chi connectivity index (χ0n) is 17.0. The van der Waals surface area contributed by atoms with Crippen LogP contribution in [0.25, 0.3) is 12.2 Å². The van der Waals surface area contributed by atoms with Crippen LogP contribution in [0.1, 0.15) is 11.1 Å². The third-order valence-corrected chi connectivity index (χ3v) is 4.30. The van der Waals surface area contributed by atoms with Crippen LogP contribution in [0, 0.1) is 0 Å². The minimum absolute atomic E-state index is 0.298. The van der Waals surface area contributed by atoms with Crippen LogP contribution in [0.3, 0.4) is 0 Å². The molecule has 0 atom stereocenters. The average Bonchev–Trinajstić information content (AvgIpc) is 2.72. The summed E-state index contributed by atoms with van der Waals surface area (Å²) in [6, 6.07) is 19.2. The van der Waals surface area contributed by atoms with Gasteiger partial charge in [-0.3, -0.25) is 0 Å². The average molecular weight is 394 g/mol. The van der Waals surface area contributed by atoms with Gasteiger partial charge in [0.05, 0.1) is 14.1 Å². The number of hydrogen-bond donors (Lipinski definition) is 0. The van der Waals surface area contributed by atoms with Gasteiger partial charge in [0.2, 0.25) is 0 Å². The van der Waals surface area contributed by atoms with Crippen LogP contribution in [-0.2, 0) is 19.1 Å². The van der Waals surface area contributed by atoms with Crippen molar-refractivity contribution in [3.05, 3.63) is 83.9 Å². The molecule has 2 aromatic rings. The molecule has 2 rings (SSSR count). The van der Waals surface area contributed by atoms with Crippen molar-refractivity contribution in [2.75, 3.05) is 40.4 Å². The van der Waals surface area contributed by atoms with Crippen molar-refractivity contribution >= 4 is 24.1 Å². The van der Waals surface area contributed by atoms with E-state index in [1.54, 1.807) is 12.2 Å². The Balaban J connectivity index is 1.63. The lowest BCUT2D eigenvalue weighted by Crippen LogP contribution is -2.45. The lowest BCUT2D eigenvalue weighted by molar-refractivity contribution is -0.890. The lowest BCUT2D eigenvalue weighted by Gasteiger charge is -2.28. The number of carbonyl (C=O) groups excluding carboxylic acids is 2. The highest BCUT2D eigenvalue weighted by atomic mass is 16.5. The number of benzene rings is 2. The molecule has 152 valence electrons. The van der Waals surface area contributed by atoms with E-state index in [2.05, 4.69) is 0 Å². The van der Waals surface area contributed by atoms with E-state index in [0.29, 0.717) is 30.8 Å². The maximum absolute atomic E-state index is 11.8. The van der Waals surface area contributed by atoms with E-state index in [1.165, 1.54) is 12.2 Å². The fourth-order valence-electron chi connectivity index (χ4n) is 2.45. The largest absolute Gasteiger partial charge is 0.457 e. The smallest absolute Gasteiger partial charge is 0.330 e. The Morgan fingerprint density at radius 2 is 1.10 bits per heavy atom. The van der Waals surface area contributed by atoms with Crippen molar-refractivity contribution in [2.24, 2.45) is 0 Å². The van der Waals surface area contributed by atoms with Crippen LogP contribution in [-0.4, -0.2) is 56.8 Å². The van der Waals surface area contributed by atoms with Gasteiger partial charge in [-0.15, -0.1) is 0 Å². The predicted octanol–water partition coefficient (Wildman–Crippen LogP) is 3.58. The Bertz CT molecular complexity index is 757. The molecule has 2 aromatic carbocycles. The summed E-state index contributed by atoms with van der Waals surface area (Å²) < 4.78 is 11.1. The van der Waals surface area contributed by atoms with Gasteiger partial charge in [0.1, 0.15) is 26.3 Å². The number of esters is 2. The number of hydrogen-bond acceptors (Lipinski definition) is 4. The van der Waals surface area contributed by atoms with Gasteiger partial charge in [0, 0.05) is 12.2 Å². The highest BCUT2D eigenvalue weighted by molar-refractivity contribution is 5.87. The Labute approximate surface area is 172 Å². The Hall–Kier alpha value is -3.18. The van der Waals surface area contributed by atoms with E-state index in [1.807, 2.05) is 74.8 Å². The van der Waals surface area contributed by atoms with Crippen LogP contribution < -0.4 is 0 Å². The lowest BCUT2D eigenvalue weighted by atomic mass is 10.2. The van der Waals surface area contributed by atoms with E-state index in [9.17, 15) is 9.59 Å². The summed E-state index contributed by atoms with van der Waals surface area (Å²) in [5, 5.41) is 0. The third kappa shape index (κ3) is 9.53. The summed E-state index contributed by atoms with van der Waals surface area (Å²) in [7, 11) is 4.00. The number of likely N-dealkylation sites (N-methyl/N-ethyl adjacent to an activating group) is 1. The van der Waals surface area contributed by atoms with Crippen molar-refractivity contribution in [3.63, 3.8) is 0 Å². The normalized spacial score (nSPS) is 11.7. The van der Waals surface area contributed by atoms with Crippen LogP contribution in [0.5, 0.6) is 0 Å². The zero-order valence-corrected chi connectivity index (χ0v) is 17.0. The van der Waals surface area contributed by atoms with Crippen molar-refractivity contribution in [1.82, 2.24) is 0 Å². The summed E-state index contributed by atoms with van der Waals surface area (Å²) in [6.45, 7) is 1.85. The highest BCUT2D eigenvalue weighted by Crippen LogP contribution is 2.03. The fourth-order valence-corrected chi connectivity index (χ4v) is 2.45. The van der Waals surface area contributed by atoms with Crippen LogP contribution in [0.15, 0.2) is 72.8 Å². The molecule has 0 aromatic heterocycles. The molecule has 0 aliphatic heterocycles. The molecule has 0 saturated carbocycles. The second kappa shape index (κ2) is 11.6. The topological polar surface area (TPSA) is 52.6 Å². The maximum atomic E-state index is 11.8. The molecule has 0 saturated heterocycles. The molecule has 29 heavy (non-hydrogen) atoms. The van der Waals surface area contributed by atoms with Gasteiger partial charge in [-0.05, 0) is 23.3 Å². The number of ether oxygens (including phenoxy) is 2. The number of rotatable bonds is 10. The van der Waals surface area contributed by atoms with Gasteiger partial charge in [-0.2, -0.15) is 0 Å². The molecule has 0 heterocycles. The zero-order chi connectivity index (χ0) is 21.0. The molecule has 0 spiro atoms. The Kier molecular flexibility index (Phi) is 8.86. The molecule has 0 N–H and O–H groups in total. The molecule has 5 nitrogen and oxygen atoms in total. The van der Waals surface area contributed by atoms with Crippen LogP contribution in [0.4, 0.5) is 0 Å². The molecule has 0 aliphatic carbocycles. The van der Waals surface area contributed by atoms with E-state index in [0.717, 1.165) is 11.1 Å². The Morgan fingerprint density at radius 1 is 0.724 bits per heavy atom. The minimum atomic E-state index is -0.369. The molecule has 0 radical (unpaired) electrons. The summed E-state index contributed by atoms with van der Waals surface area (Å²) in [4.78, 5) is 23.6. The summed E-state index contributed by atoms with van der Waals surface area (Å²) >= 11 is 0. The molecule has 0 bridgehead atoms. The summed E-state index contributed by atoms with van der Waals surface area (Å²) in [6.07, 6.45) is 6.31. The van der Waals surface area contributed by atoms with E-state index >= 15 is 0 Å². The van der Waals surface area contributed by atoms with E-state index in [-0.39, 0.29) is 11.9 Å². The molecule has 0 aliphatic rings. The van der Waals surface area contributed by atoms with Gasteiger partial charge in [0.25, 0.3) is 0 Å². The Morgan fingerprint density at radius 3 is 1.48 bits per heavy atom. The second-order valence-corrected chi connectivity index (χ2v) is 7.21. The fraction of sp³-hybridized carbons (Fsp3) is 0.250. The first-order chi connectivity index (χ1) is 13.9. The summed E-state index contributed by atoms with van der Waals surface area (Å²) in [5.74, 6) is -0.738. The van der Waals surface area contributed by atoms with Crippen LogP contribution >= 0.6 is 0 Å². The first-order valence-electron chi connectivity index (χ1n) is 9.56. The van der Waals surface area contributed by atoms with Gasteiger partial charge >= 0.3 is 11.9 Å². The first kappa shape index (κ1) is 22.1. The number of quaternary nitrogens is 1. The van der Waals surface area contributed by atoms with Crippen molar-refractivity contribution < 1.29 is 23.5 Å². The van der Waals surface area contributed by atoms with Crippen LogP contribution in [0.2, 0.25) is 0 Å². The minimum Gasteiger partial charge on any atom is -0.457 e. The molecular formula is C24H28NO4+. The van der Waals surface area contributed by atoms with Gasteiger partial charge < -0.3 is 14.0 Å². The van der Waals surface area contributed by atoms with E-state index in [4.69, 9.17) is 9.47 Å². The van der Waals surface area contributed by atoms with E-state index < -0.39 is 0 Å². The predicted molar refractivity (Wildman–Crippen MR) is 115 cm³/mol. The summed E-state index contributed by atoms with van der Waals surface area (Å²) in [5.41, 5.74) is 1.90. The molecule has 0 unspecified atom stereocenters. The second-order valence-electron chi connectivity index (χ2n) is 7.21. The monoisotopic (exact) mass is 394 g/mol. The quantitative estimate of drug-likeness (QED) is 0.351. The number of nitrogens with zero attached hydrogens (tertiary/aromatic N) is 1. The van der Waals surface area contributed by atoms with Gasteiger partial charge in [-0.25, -0.2) is 9.59 Å². The van der Waals surface area contributed by atoms with Crippen molar-refractivity contribution in [2.45, 2.75) is 0 Å². The van der Waals surface area contributed by atoms with Gasteiger partial charge in [-0.1, -0.05) is 60.7 Å². The highest BCUT2D eigenvalue weighted by Gasteiger charge is 2.16. The maximum Gasteiger partial charge on any atom is 0.330 e. The molecule has 0 amide bonds. The molecular weight excluding hydrogens is 366 g/mol. The molecule has 0 fully saturated rings. The standard InChI is InChI=1S/C24H28NO4/c1-25(2,17-19-28-23(26)15-13-21-9-5-3-6-10-21)18-20-29-24(27)16-14-22-11-7-4-8-12-22/h3-16H,17-20H2,1-2H3/q+1/b15-13+,16-14+. The first-order valence-corrected chi connectivity index (χ1v) is 9.56. The van der Waals surface area contributed by atoms with Gasteiger partial charge in [0.15, 0.2) is 0 Å². The number of carbonyl (C=O) groups is 2.